The molecule has 0 saturated heterocycles. The maximum atomic E-state index is 13.1. The number of anilines is 3. The SMILES string of the molecule is C#CCNC(=O)C(C#N)=c1sc(=CNc2cccc(NC(=O)CN(C)c3ccc(F)cc3)c2)c(=O)n1CC. The number of thiazole rings is 1. The molecule has 3 rings (SSSR count). The summed E-state index contributed by atoms with van der Waals surface area (Å²) in [5, 5.41) is 17.8. The fraction of sp³-hybridized carbons (Fsp3) is 0.185. The number of terminal acetylenes is 1. The summed E-state index contributed by atoms with van der Waals surface area (Å²) in [5.41, 5.74) is 1.28. The Morgan fingerprint density at radius 3 is 2.58 bits per heavy atom. The van der Waals surface area contributed by atoms with Gasteiger partial charge in [-0.1, -0.05) is 12.0 Å². The second kappa shape index (κ2) is 12.9. The van der Waals surface area contributed by atoms with Crippen LogP contribution in [-0.4, -0.2) is 36.5 Å². The Morgan fingerprint density at radius 2 is 1.92 bits per heavy atom. The van der Waals surface area contributed by atoms with Crippen LogP contribution in [0.25, 0.3) is 11.8 Å². The highest BCUT2D eigenvalue weighted by Gasteiger charge is 2.15. The second-order valence-electron chi connectivity index (χ2n) is 7.94. The van der Waals surface area contributed by atoms with Gasteiger partial charge in [0.25, 0.3) is 11.5 Å². The molecule has 9 nitrogen and oxygen atoms in total. The molecule has 0 unspecified atom stereocenters. The van der Waals surface area contributed by atoms with Crippen LogP contribution in [0.1, 0.15) is 6.92 Å². The number of nitriles is 1. The minimum Gasteiger partial charge on any atom is -0.365 e. The number of nitrogens with zero attached hydrogens (tertiary/aromatic N) is 3. The van der Waals surface area contributed by atoms with Gasteiger partial charge in [0, 0.05) is 36.9 Å². The average Bonchev–Trinajstić information content (AvgIpc) is 3.21. The van der Waals surface area contributed by atoms with Crippen LogP contribution >= 0.6 is 11.3 Å². The van der Waals surface area contributed by atoms with E-state index in [9.17, 15) is 24.0 Å². The van der Waals surface area contributed by atoms with E-state index in [0.29, 0.717) is 17.1 Å². The highest BCUT2D eigenvalue weighted by Crippen LogP contribution is 2.16. The number of nitrogens with one attached hydrogen (secondary N) is 3. The van der Waals surface area contributed by atoms with E-state index >= 15 is 0 Å². The number of amides is 2. The van der Waals surface area contributed by atoms with Crippen molar-refractivity contribution < 1.29 is 14.0 Å². The molecule has 2 aromatic carbocycles. The summed E-state index contributed by atoms with van der Waals surface area (Å²) < 4.78 is 15.0. The first-order valence-electron chi connectivity index (χ1n) is 11.5. The third kappa shape index (κ3) is 6.87. The number of hydrogen-bond donors (Lipinski definition) is 3. The summed E-state index contributed by atoms with van der Waals surface area (Å²) in [6.45, 7) is 2.01. The molecule has 2 amide bonds. The molecule has 0 fully saturated rings. The van der Waals surface area contributed by atoms with E-state index in [1.54, 1.807) is 55.3 Å². The summed E-state index contributed by atoms with van der Waals surface area (Å²) in [6, 6.07) is 14.6. The second-order valence-corrected chi connectivity index (χ2v) is 8.98. The van der Waals surface area contributed by atoms with Gasteiger partial charge in [-0.2, -0.15) is 5.26 Å². The Kier molecular flexibility index (Phi) is 9.41. The zero-order valence-corrected chi connectivity index (χ0v) is 21.6. The number of hydrogen-bond acceptors (Lipinski definition) is 7. The molecule has 194 valence electrons. The number of benzene rings is 2. The molecule has 0 aliphatic heterocycles. The van der Waals surface area contributed by atoms with Crippen LogP contribution in [-0.2, 0) is 16.1 Å². The lowest BCUT2D eigenvalue weighted by molar-refractivity contribution is -0.116. The number of rotatable bonds is 9. The molecule has 0 bridgehead atoms. The lowest BCUT2D eigenvalue weighted by Crippen LogP contribution is -2.34. The predicted molar refractivity (Wildman–Crippen MR) is 147 cm³/mol. The van der Waals surface area contributed by atoms with Crippen molar-refractivity contribution in [3.8, 4) is 18.4 Å². The normalized spacial score (nSPS) is 11.7. The maximum Gasteiger partial charge on any atom is 0.270 e. The van der Waals surface area contributed by atoms with Gasteiger partial charge in [0.1, 0.15) is 21.1 Å². The van der Waals surface area contributed by atoms with Crippen LogP contribution in [0.2, 0.25) is 0 Å². The van der Waals surface area contributed by atoms with Gasteiger partial charge in [-0.25, -0.2) is 4.39 Å². The Hall–Kier alpha value is -4.87. The van der Waals surface area contributed by atoms with Crippen LogP contribution in [0.15, 0.2) is 53.3 Å². The Bertz CT molecular complexity index is 1600. The third-order valence-electron chi connectivity index (χ3n) is 5.29. The molecule has 3 aromatic rings. The van der Waals surface area contributed by atoms with Crippen LogP contribution in [0.4, 0.5) is 21.5 Å². The Balaban J connectivity index is 1.79. The van der Waals surface area contributed by atoms with Crippen molar-refractivity contribution >= 4 is 52.0 Å². The topological polar surface area (TPSA) is 119 Å². The van der Waals surface area contributed by atoms with E-state index in [0.717, 1.165) is 11.3 Å². The van der Waals surface area contributed by atoms with Gasteiger partial charge in [0.15, 0.2) is 5.57 Å². The van der Waals surface area contributed by atoms with E-state index in [-0.39, 0.29) is 51.7 Å². The average molecular weight is 533 g/mol. The summed E-state index contributed by atoms with van der Waals surface area (Å²) in [6.07, 6.45) is 6.65. The van der Waals surface area contributed by atoms with Crippen molar-refractivity contribution in [2.75, 3.05) is 35.7 Å². The highest BCUT2D eigenvalue weighted by molar-refractivity contribution is 7.07. The quantitative estimate of drug-likeness (QED) is 0.359. The van der Waals surface area contributed by atoms with Crippen molar-refractivity contribution in [2.45, 2.75) is 13.5 Å². The van der Waals surface area contributed by atoms with Crippen LogP contribution in [0.3, 0.4) is 0 Å². The first kappa shape index (κ1) is 27.7. The Labute approximate surface area is 222 Å². The van der Waals surface area contributed by atoms with Gasteiger partial charge in [-0.3, -0.25) is 19.0 Å². The molecule has 0 spiro atoms. The van der Waals surface area contributed by atoms with Gasteiger partial charge in [0.2, 0.25) is 5.91 Å². The van der Waals surface area contributed by atoms with Crippen LogP contribution < -0.4 is 35.6 Å². The molecule has 0 saturated carbocycles. The number of aromatic nitrogens is 1. The van der Waals surface area contributed by atoms with Crippen molar-refractivity contribution in [2.24, 2.45) is 0 Å². The summed E-state index contributed by atoms with van der Waals surface area (Å²) in [7, 11) is 1.73. The summed E-state index contributed by atoms with van der Waals surface area (Å²) in [5.74, 6) is 0.998. The van der Waals surface area contributed by atoms with Crippen molar-refractivity contribution in [3.63, 3.8) is 0 Å². The van der Waals surface area contributed by atoms with Gasteiger partial charge in [0.05, 0.1) is 13.1 Å². The summed E-state index contributed by atoms with van der Waals surface area (Å²) in [4.78, 5) is 39.4. The minimum atomic E-state index is -0.651. The van der Waals surface area contributed by atoms with E-state index in [4.69, 9.17) is 6.42 Å². The van der Waals surface area contributed by atoms with Gasteiger partial charge < -0.3 is 20.9 Å². The van der Waals surface area contributed by atoms with Crippen molar-refractivity contribution in [3.05, 3.63) is 73.9 Å². The monoisotopic (exact) mass is 532 g/mol. The predicted octanol–water partition coefficient (Wildman–Crippen LogP) is 1.42. The lowest BCUT2D eigenvalue weighted by Gasteiger charge is -2.18. The first-order chi connectivity index (χ1) is 18.3. The molecule has 11 heteroatoms. The smallest absolute Gasteiger partial charge is 0.270 e. The van der Waals surface area contributed by atoms with E-state index in [1.807, 2.05) is 6.07 Å². The largest absolute Gasteiger partial charge is 0.365 e. The molecular formula is C27H25FN6O3S. The third-order valence-corrected chi connectivity index (χ3v) is 6.42. The molecule has 0 aliphatic rings. The number of likely N-dealkylation sites (N-methyl/N-ethyl adjacent to an activating group) is 1. The first-order valence-corrected chi connectivity index (χ1v) is 12.3. The minimum absolute atomic E-state index is 0.0400. The number of halogens is 1. The van der Waals surface area contributed by atoms with E-state index < -0.39 is 5.91 Å². The fourth-order valence-corrected chi connectivity index (χ4v) is 4.53. The van der Waals surface area contributed by atoms with Gasteiger partial charge in [-0.15, -0.1) is 17.8 Å². The molecule has 1 aromatic heterocycles. The van der Waals surface area contributed by atoms with Crippen LogP contribution in [0, 0.1) is 29.5 Å². The maximum absolute atomic E-state index is 13.1. The molecule has 0 atom stereocenters. The molecule has 1 heterocycles. The number of carbonyl (C=O) groups excluding carboxylic acids is 2. The van der Waals surface area contributed by atoms with Gasteiger partial charge >= 0.3 is 0 Å². The molecule has 38 heavy (non-hydrogen) atoms. The van der Waals surface area contributed by atoms with Gasteiger partial charge in [-0.05, 0) is 49.4 Å². The molecular weight excluding hydrogens is 507 g/mol. The molecule has 0 aliphatic carbocycles. The van der Waals surface area contributed by atoms with E-state index in [2.05, 4.69) is 21.9 Å². The zero-order chi connectivity index (χ0) is 27.7. The standard InChI is InChI=1S/C27H25FN6O3S/c1-4-13-30-25(36)22(15-29)27-34(5-2)26(37)23(38-27)16-31-19-7-6-8-20(14-19)32-24(35)17-33(3)21-11-9-18(28)10-12-21/h1,6-12,14,16,31H,5,13,17H2,2-3H3,(H,30,36)(H,32,35). The van der Waals surface area contributed by atoms with Crippen molar-refractivity contribution in [1.29, 1.82) is 5.26 Å². The summed E-state index contributed by atoms with van der Waals surface area (Å²) >= 11 is 1.01. The van der Waals surface area contributed by atoms with Crippen LogP contribution in [0.5, 0.6) is 0 Å². The highest BCUT2D eigenvalue weighted by atomic mass is 32.1. The molecule has 3 N–H and O–H groups in total. The number of carbonyl (C=O) groups is 2. The lowest BCUT2D eigenvalue weighted by atomic mass is 10.2. The Morgan fingerprint density at radius 1 is 1.21 bits per heavy atom. The fourth-order valence-electron chi connectivity index (χ4n) is 3.45. The van der Waals surface area contributed by atoms with Crippen molar-refractivity contribution in [1.82, 2.24) is 9.88 Å². The molecule has 0 radical (unpaired) electrons. The van der Waals surface area contributed by atoms with E-state index in [1.165, 1.54) is 22.9 Å². The zero-order valence-electron chi connectivity index (χ0n) is 20.7.